The van der Waals surface area contributed by atoms with Gasteiger partial charge in [0.1, 0.15) is 0 Å². The van der Waals surface area contributed by atoms with Crippen molar-refractivity contribution in [3.8, 4) is 0 Å². The van der Waals surface area contributed by atoms with Crippen LogP contribution in [0.1, 0.15) is 0 Å². The van der Waals surface area contributed by atoms with Gasteiger partial charge < -0.3 is 10.4 Å². The molecule has 0 fully saturated rings. The van der Waals surface area contributed by atoms with E-state index in [4.69, 9.17) is 5.11 Å². The normalized spacial score (nSPS) is 10.8. The Morgan fingerprint density at radius 2 is 1.69 bits per heavy atom. The van der Waals surface area contributed by atoms with E-state index in [9.17, 15) is 18.0 Å². The van der Waals surface area contributed by atoms with Crippen LogP contribution in [0.3, 0.4) is 0 Å². The lowest BCUT2D eigenvalue weighted by molar-refractivity contribution is -0.147. The number of nitrogens with one attached hydrogen (secondary N) is 1. The maximum Gasteiger partial charge on any atom is 0.394 e. The summed E-state index contributed by atoms with van der Waals surface area (Å²) in [6.45, 7) is 0. The summed E-state index contributed by atoms with van der Waals surface area (Å²) in [6, 6.07) is 5.20. The molecule has 2 N–H and O–H groups in total. The maximum absolute atomic E-state index is 11.1. The summed E-state index contributed by atoms with van der Waals surface area (Å²) in [5, 5.41) is 10.4. The molecule has 0 aromatic heterocycles. The van der Waals surface area contributed by atoms with E-state index in [1.807, 2.05) is 0 Å². The molecule has 0 heterocycles. The third-order valence-electron chi connectivity index (χ3n) is 1.73. The van der Waals surface area contributed by atoms with Crippen molar-refractivity contribution in [2.75, 3.05) is 11.6 Å². The van der Waals surface area contributed by atoms with Crippen LogP contribution in [0, 0.1) is 0 Å². The fourth-order valence-corrected chi connectivity index (χ4v) is 1.60. The van der Waals surface area contributed by atoms with Gasteiger partial charge in [0.05, 0.1) is 4.90 Å². The number of carboxylic acid groups (broad SMARTS) is 1. The Bertz CT molecular complexity index is 517. The van der Waals surface area contributed by atoms with E-state index >= 15 is 0 Å². The molecule has 16 heavy (non-hydrogen) atoms. The quantitative estimate of drug-likeness (QED) is 0.718. The van der Waals surface area contributed by atoms with Crippen molar-refractivity contribution in [2.24, 2.45) is 0 Å². The van der Waals surface area contributed by atoms with Gasteiger partial charge in [0.15, 0.2) is 9.84 Å². The van der Waals surface area contributed by atoms with Gasteiger partial charge in [0, 0.05) is 11.9 Å². The smallest absolute Gasteiger partial charge is 0.394 e. The van der Waals surface area contributed by atoms with Gasteiger partial charge >= 0.3 is 11.9 Å². The lowest BCUT2D eigenvalue weighted by atomic mass is 10.3. The van der Waals surface area contributed by atoms with Crippen LogP contribution < -0.4 is 5.32 Å². The third-order valence-corrected chi connectivity index (χ3v) is 2.86. The fraction of sp³-hybridized carbons (Fsp3) is 0.111. The van der Waals surface area contributed by atoms with E-state index < -0.39 is 21.7 Å². The van der Waals surface area contributed by atoms with Gasteiger partial charge in [-0.2, -0.15) is 0 Å². The second-order valence-electron chi connectivity index (χ2n) is 3.06. The molecule has 0 atom stereocenters. The molecule has 1 aromatic rings. The summed E-state index contributed by atoms with van der Waals surface area (Å²) in [5.74, 6) is -2.78. The van der Waals surface area contributed by atoms with Gasteiger partial charge in [0.25, 0.3) is 0 Å². The maximum atomic E-state index is 11.1. The number of hydrogen-bond acceptors (Lipinski definition) is 4. The summed E-state index contributed by atoms with van der Waals surface area (Å²) in [7, 11) is -3.29. The van der Waals surface area contributed by atoms with Crippen LogP contribution in [-0.2, 0) is 19.4 Å². The molecule has 1 aromatic carbocycles. The van der Waals surface area contributed by atoms with Crippen molar-refractivity contribution in [1.82, 2.24) is 0 Å². The largest absolute Gasteiger partial charge is 0.474 e. The van der Waals surface area contributed by atoms with Crippen molar-refractivity contribution >= 4 is 27.4 Å². The lowest BCUT2D eigenvalue weighted by Crippen LogP contribution is -2.21. The second kappa shape index (κ2) is 4.31. The highest BCUT2D eigenvalue weighted by molar-refractivity contribution is 7.90. The molecule has 0 saturated heterocycles. The van der Waals surface area contributed by atoms with E-state index in [1.54, 1.807) is 0 Å². The summed E-state index contributed by atoms with van der Waals surface area (Å²) >= 11 is 0. The zero-order valence-electron chi connectivity index (χ0n) is 8.30. The Labute approximate surface area is 91.8 Å². The van der Waals surface area contributed by atoms with Crippen LogP contribution in [0.15, 0.2) is 29.2 Å². The van der Waals surface area contributed by atoms with Gasteiger partial charge in [-0.3, -0.25) is 4.79 Å². The van der Waals surface area contributed by atoms with Crippen LogP contribution in [-0.4, -0.2) is 31.7 Å². The molecule has 0 radical (unpaired) electrons. The highest BCUT2D eigenvalue weighted by Gasteiger charge is 2.11. The first kappa shape index (κ1) is 12.2. The standard InChI is InChI=1S/C9H9NO5S/c1-16(14,15)7-4-2-6(3-5-7)10-8(11)9(12)13/h2-5H,1H3,(H,10,11)(H,12,13). The van der Waals surface area contributed by atoms with E-state index in [-0.39, 0.29) is 10.6 Å². The number of sulfone groups is 1. The minimum atomic E-state index is -3.29. The van der Waals surface area contributed by atoms with Crippen LogP contribution in [0.25, 0.3) is 0 Å². The topological polar surface area (TPSA) is 101 Å². The molecular weight excluding hydrogens is 234 g/mol. The van der Waals surface area contributed by atoms with Crippen LogP contribution in [0.2, 0.25) is 0 Å². The van der Waals surface area contributed by atoms with Gasteiger partial charge in [0.2, 0.25) is 0 Å². The molecule has 0 unspecified atom stereocenters. The van der Waals surface area contributed by atoms with Gasteiger partial charge in [-0.15, -0.1) is 0 Å². The third kappa shape index (κ3) is 3.06. The molecule has 0 aliphatic carbocycles. The van der Waals surface area contributed by atoms with E-state index in [0.29, 0.717) is 0 Å². The van der Waals surface area contributed by atoms with Crippen molar-refractivity contribution in [2.45, 2.75) is 4.90 Å². The van der Waals surface area contributed by atoms with E-state index in [0.717, 1.165) is 6.26 Å². The number of carboxylic acids is 1. The van der Waals surface area contributed by atoms with Gasteiger partial charge in [-0.25, -0.2) is 13.2 Å². The minimum absolute atomic E-state index is 0.0980. The van der Waals surface area contributed by atoms with Crippen LogP contribution >= 0.6 is 0 Å². The summed E-state index contributed by atoms with van der Waals surface area (Å²) in [6.07, 6.45) is 1.05. The Hall–Kier alpha value is -1.89. The molecule has 7 heteroatoms. The molecular formula is C9H9NO5S. The van der Waals surface area contributed by atoms with Crippen molar-refractivity contribution in [3.05, 3.63) is 24.3 Å². The lowest BCUT2D eigenvalue weighted by Gasteiger charge is -2.02. The highest BCUT2D eigenvalue weighted by atomic mass is 32.2. The fourth-order valence-electron chi connectivity index (χ4n) is 0.970. The molecule has 86 valence electrons. The molecule has 0 aliphatic rings. The Morgan fingerprint density at radius 3 is 2.06 bits per heavy atom. The van der Waals surface area contributed by atoms with Gasteiger partial charge in [-0.1, -0.05) is 0 Å². The van der Waals surface area contributed by atoms with Crippen molar-refractivity contribution in [1.29, 1.82) is 0 Å². The van der Waals surface area contributed by atoms with Crippen LogP contribution in [0.5, 0.6) is 0 Å². The van der Waals surface area contributed by atoms with Gasteiger partial charge in [-0.05, 0) is 24.3 Å². The van der Waals surface area contributed by atoms with Crippen molar-refractivity contribution < 1.29 is 23.1 Å². The number of anilines is 1. The number of rotatable bonds is 2. The van der Waals surface area contributed by atoms with E-state index in [2.05, 4.69) is 5.32 Å². The molecule has 0 saturated carbocycles. The van der Waals surface area contributed by atoms with Crippen LogP contribution in [0.4, 0.5) is 5.69 Å². The summed E-state index contributed by atoms with van der Waals surface area (Å²) in [5.41, 5.74) is 0.222. The molecule has 0 bridgehead atoms. The first-order valence-corrected chi connectivity index (χ1v) is 6.04. The molecule has 1 amide bonds. The average Bonchev–Trinajstić information content (AvgIpc) is 2.17. The SMILES string of the molecule is CS(=O)(=O)c1ccc(NC(=O)C(=O)O)cc1. The number of aliphatic carboxylic acids is 1. The molecule has 0 aliphatic heterocycles. The number of hydrogen-bond donors (Lipinski definition) is 2. The zero-order valence-corrected chi connectivity index (χ0v) is 9.11. The first-order valence-electron chi connectivity index (χ1n) is 4.15. The highest BCUT2D eigenvalue weighted by Crippen LogP contribution is 2.13. The Morgan fingerprint density at radius 1 is 1.19 bits per heavy atom. The summed E-state index contributed by atoms with van der Waals surface area (Å²) in [4.78, 5) is 21.1. The predicted octanol–water partition coefficient (Wildman–Crippen LogP) is 0.113. The Balaban J connectivity index is 2.88. The van der Waals surface area contributed by atoms with E-state index in [1.165, 1.54) is 24.3 Å². The average molecular weight is 243 g/mol. The predicted molar refractivity (Wildman–Crippen MR) is 55.8 cm³/mol. The molecule has 6 nitrogen and oxygen atoms in total. The number of carbonyl (C=O) groups excluding carboxylic acids is 1. The first-order chi connectivity index (χ1) is 7.30. The molecule has 0 spiro atoms. The Kier molecular flexibility index (Phi) is 3.28. The summed E-state index contributed by atoms with van der Waals surface area (Å²) < 4.78 is 22.2. The molecule has 1 rings (SSSR count). The zero-order chi connectivity index (χ0) is 12.3. The van der Waals surface area contributed by atoms with Crippen molar-refractivity contribution in [3.63, 3.8) is 0 Å². The minimum Gasteiger partial charge on any atom is -0.474 e. The number of benzene rings is 1. The number of carbonyl (C=O) groups is 2. The monoisotopic (exact) mass is 243 g/mol. The second-order valence-corrected chi connectivity index (χ2v) is 5.07. The number of amides is 1.